The van der Waals surface area contributed by atoms with E-state index >= 15 is 4.39 Å². The van der Waals surface area contributed by atoms with Gasteiger partial charge in [-0.25, -0.2) is 9.37 Å². The van der Waals surface area contributed by atoms with Gasteiger partial charge in [-0.05, 0) is 92.3 Å². The van der Waals surface area contributed by atoms with Crippen LogP contribution in [0.4, 0.5) is 4.39 Å². The molecule has 2 spiro atoms. The molecule has 8 atom stereocenters. The molecule has 2 unspecified atom stereocenters. The predicted octanol–water partition coefficient (Wildman–Crippen LogP) is 4.14. The molecule has 2 bridgehead atoms. The first kappa shape index (κ1) is 23.8. The SMILES string of the molecule is CN(C)[C@H]1C[C@@]23CC[C@]4(O2)C2CC=C(c5ccc6cc(O)ncc6c5)[C@@]2(C)CCC4(F)C=C3[C@@H](O)[C@@H]1O. The molecule has 2 aliphatic heterocycles. The lowest BCUT2D eigenvalue weighted by atomic mass is 9.53. The largest absolute Gasteiger partial charge is 0.493 e. The van der Waals surface area contributed by atoms with Crippen molar-refractivity contribution < 1.29 is 24.4 Å². The molecule has 2 saturated carbocycles. The molecule has 3 fully saturated rings. The van der Waals surface area contributed by atoms with Crippen molar-refractivity contribution in [2.45, 2.75) is 80.6 Å². The molecule has 1 aromatic heterocycles. The minimum absolute atomic E-state index is 0.00640. The van der Waals surface area contributed by atoms with Gasteiger partial charge in [0.25, 0.3) is 0 Å². The predicted molar refractivity (Wildman–Crippen MR) is 139 cm³/mol. The summed E-state index contributed by atoms with van der Waals surface area (Å²) in [6, 6.07) is 7.63. The Bertz CT molecular complexity index is 1370. The fourth-order valence-corrected chi connectivity index (χ4v) is 8.73. The fraction of sp³-hybridized carbons (Fsp3) is 0.567. The van der Waals surface area contributed by atoms with Crippen LogP contribution in [0.1, 0.15) is 51.0 Å². The third-order valence-corrected chi connectivity index (χ3v) is 10.7. The number of nitrogens with zero attached hydrogens (tertiary/aromatic N) is 2. The van der Waals surface area contributed by atoms with E-state index < -0.39 is 29.1 Å². The monoisotopic (exact) mass is 506 g/mol. The number of pyridine rings is 1. The van der Waals surface area contributed by atoms with Crippen LogP contribution in [0.15, 0.2) is 48.2 Å². The number of rotatable bonds is 2. The lowest BCUT2D eigenvalue weighted by Gasteiger charge is -2.60. The molecule has 0 radical (unpaired) electrons. The number of aromatic hydroxyl groups is 1. The second-order valence-electron chi connectivity index (χ2n) is 12.5. The Hall–Kier alpha value is -2.32. The van der Waals surface area contributed by atoms with Crippen LogP contribution in [0.25, 0.3) is 16.3 Å². The second kappa shape index (κ2) is 7.41. The van der Waals surface area contributed by atoms with Gasteiger partial charge in [-0.2, -0.15) is 0 Å². The van der Waals surface area contributed by atoms with Gasteiger partial charge in [0, 0.05) is 29.6 Å². The number of benzene rings is 1. The molecule has 3 aliphatic carbocycles. The average Bonchev–Trinajstić information content (AvgIpc) is 3.39. The Balaban J connectivity index is 1.29. The standard InChI is InChI=1S/C30H35FN2O4/c1-27-8-10-29(31)14-21-25(35)26(36)22(33(2)3)15-28(21)9-11-30(29,37-28)23(27)7-6-20(27)18-5-4-17-13-24(34)32-16-19(17)12-18/h4-6,12-14,16,22-23,25-26,35-36H,7-11,15H2,1-3H3,(H,32,34)/t22-,23?,25+,26+,27+,28+,29?,30-/m0/s1. The number of fused-ring (bicyclic) bond motifs is 2. The van der Waals surface area contributed by atoms with Crippen LogP contribution in [0.2, 0.25) is 0 Å². The van der Waals surface area contributed by atoms with E-state index in [9.17, 15) is 15.3 Å². The van der Waals surface area contributed by atoms with Crippen molar-refractivity contribution in [1.29, 1.82) is 0 Å². The van der Waals surface area contributed by atoms with Crippen molar-refractivity contribution in [3.8, 4) is 5.88 Å². The summed E-state index contributed by atoms with van der Waals surface area (Å²) in [7, 11) is 3.81. The summed E-state index contributed by atoms with van der Waals surface area (Å²) in [5, 5.41) is 33.6. The van der Waals surface area contributed by atoms with Crippen molar-refractivity contribution >= 4 is 16.3 Å². The molecular weight excluding hydrogens is 471 g/mol. The molecule has 7 heteroatoms. The molecule has 3 heterocycles. The average molecular weight is 507 g/mol. The zero-order valence-corrected chi connectivity index (χ0v) is 21.6. The summed E-state index contributed by atoms with van der Waals surface area (Å²) in [5.74, 6) is -0.0201. The van der Waals surface area contributed by atoms with Gasteiger partial charge in [-0.3, -0.25) is 0 Å². The van der Waals surface area contributed by atoms with Crippen LogP contribution < -0.4 is 0 Å². The molecule has 6 nitrogen and oxygen atoms in total. The van der Waals surface area contributed by atoms with Crippen LogP contribution in [0, 0.1) is 11.3 Å². The first-order chi connectivity index (χ1) is 17.5. The van der Waals surface area contributed by atoms with Crippen molar-refractivity contribution in [2.24, 2.45) is 11.3 Å². The van der Waals surface area contributed by atoms with E-state index in [0.717, 1.165) is 22.8 Å². The number of alkyl halides is 1. The number of allylic oxidation sites excluding steroid dienone is 2. The number of likely N-dealkylation sites (N-methyl/N-ethyl adjacent to an activating group) is 1. The fourth-order valence-electron chi connectivity index (χ4n) is 8.73. The molecule has 1 aromatic carbocycles. The van der Waals surface area contributed by atoms with Crippen LogP contribution in [-0.2, 0) is 4.74 Å². The summed E-state index contributed by atoms with van der Waals surface area (Å²) in [6.45, 7) is 2.26. The van der Waals surface area contributed by atoms with Crippen LogP contribution >= 0.6 is 0 Å². The zero-order chi connectivity index (χ0) is 26.0. The topological polar surface area (TPSA) is 86.1 Å². The third kappa shape index (κ3) is 2.92. The van der Waals surface area contributed by atoms with Gasteiger partial charge in [0.1, 0.15) is 11.7 Å². The summed E-state index contributed by atoms with van der Waals surface area (Å²) in [4.78, 5) is 6.00. The first-order valence-corrected chi connectivity index (χ1v) is 13.5. The summed E-state index contributed by atoms with van der Waals surface area (Å²) >= 11 is 0. The zero-order valence-electron chi connectivity index (χ0n) is 21.6. The maximum atomic E-state index is 17.1. The van der Waals surface area contributed by atoms with Gasteiger partial charge in [0.2, 0.25) is 5.88 Å². The number of aliphatic hydroxyl groups is 2. The minimum atomic E-state index is -1.67. The molecule has 196 valence electrons. The van der Waals surface area contributed by atoms with Gasteiger partial charge < -0.3 is 25.0 Å². The Kier molecular flexibility index (Phi) is 4.76. The molecular formula is C30H35FN2O4. The van der Waals surface area contributed by atoms with E-state index in [1.54, 1.807) is 18.3 Å². The van der Waals surface area contributed by atoms with Gasteiger partial charge in [-0.1, -0.05) is 25.1 Å². The molecule has 37 heavy (non-hydrogen) atoms. The van der Waals surface area contributed by atoms with Crippen LogP contribution in [0.5, 0.6) is 5.88 Å². The van der Waals surface area contributed by atoms with Crippen molar-refractivity contribution in [3.63, 3.8) is 0 Å². The molecule has 2 aromatic rings. The van der Waals surface area contributed by atoms with Crippen molar-refractivity contribution in [3.05, 3.63) is 53.8 Å². The van der Waals surface area contributed by atoms with Crippen LogP contribution in [-0.4, -0.2) is 74.4 Å². The van der Waals surface area contributed by atoms with Gasteiger partial charge >= 0.3 is 0 Å². The third-order valence-electron chi connectivity index (χ3n) is 10.7. The van der Waals surface area contributed by atoms with E-state index in [0.29, 0.717) is 37.7 Å². The Morgan fingerprint density at radius 1 is 1.08 bits per heavy atom. The van der Waals surface area contributed by atoms with Gasteiger partial charge in [0.15, 0.2) is 5.67 Å². The lowest BCUT2D eigenvalue weighted by molar-refractivity contribution is -0.239. The van der Waals surface area contributed by atoms with Gasteiger partial charge in [-0.15, -0.1) is 0 Å². The van der Waals surface area contributed by atoms with Gasteiger partial charge in [0.05, 0.1) is 11.7 Å². The highest BCUT2D eigenvalue weighted by Gasteiger charge is 2.74. The number of halogens is 1. The minimum Gasteiger partial charge on any atom is -0.493 e. The highest BCUT2D eigenvalue weighted by atomic mass is 19.1. The van der Waals surface area contributed by atoms with E-state index in [4.69, 9.17) is 4.74 Å². The van der Waals surface area contributed by atoms with Crippen molar-refractivity contribution in [1.82, 2.24) is 9.88 Å². The highest BCUT2D eigenvalue weighted by molar-refractivity contribution is 5.87. The Morgan fingerprint density at radius 2 is 1.89 bits per heavy atom. The molecule has 1 saturated heterocycles. The first-order valence-electron chi connectivity index (χ1n) is 13.5. The number of hydrogen-bond acceptors (Lipinski definition) is 6. The summed E-state index contributed by atoms with van der Waals surface area (Å²) in [6.07, 6.45) is 7.10. The second-order valence-corrected chi connectivity index (χ2v) is 12.5. The molecule has 0 amide bonds. The van der Waals surface area contributed by atoms with Crippen molar-refractivity contribution in [2.75, 3.05) is 14.1 Å². The number of hydrogen-bond donors (Lipinski definition) is 3. The Morgan fingerprint density at radius 3 is 2.68 bits per heavy atom. The number of ether oxygens (including phenoxy) is 1. The van der Waals surface area contributed by atoms with E-state index in [-0.39, 0.29) is 23.3 Å². The van der Waals surface area contributed by atoms with E-state index in [2.05, 4.69) is 30.1 Å². The number of aliphatic hydroxyl groups excluding tert-OH is 2. The number of aromatic nitrogens is 1. The Labute approximate surface area is 216 Å². The maximum absolute atomic E-state index is 17.1. The molecule has 3 N–H and O–H groups in total. The smallest absolute Gasteiger partial charge is 0.211 e. The maximum Gasteiger partial charge on any atom is 0.211 e. The molecule has 7 rings (SSSR count). The lowest BCUT2D eigenvalue weighted by Crippen LogP contribution is -2.68. The highest BCUT2D eigenvalue weighted by Crippen LogP contribution is 2.71. The summed E-state index contributed by atoms with van der Waals surface area (Å²) in [5.41, 5.74) is -0.727. The summed E-state index contributed by atoms with van der Waals surface area (Å²) < 4.78 is 24.2. The van der Waals surface area contributed by atoms with E-state index in [1.807, 2.05) is 25.1 Å². The normalized spacial score (nSPS) is 44.3. The molecule has 5 aliphatic rings. The quantitative estimate of drug-likeness (QED) is 0.531. The van der Waals surface area contributed by atoms with Crippen LogP contribution in [0.3, 0.4) is 0 Å². The van der Waals surface area contributed by atoms with E-state index in [1.165, 1.54) is 5.57 Å².